The fourth-order valence-corrected chi connectivity index (χ4v) is 10.1. The number of imidazole rings is 1. The number of fused-ring (bicyclic) bond motifs is 10. The van der Waals surface area contributed by atoms with Crippen LogP contribution in [0, 0.1) is 12.1 Å². The van der Waals surface area contributed by atoms with Gasteiger partial charge >= 0.3 is 0 Å². The molecule has 5 nitrogen and oxygen atoms in total. The molecule has 0 unspecified atom stereocenters. The summed E-state index contributed by atoms with van der Waals surface area (Å²) in [6.45, 7) is 22.7. The third-order valence-corrected chi connectivity index (χ3v) is 14.0. The second-order valence-corrected chi connectivity index (χ2v) is 21.6. The van der Waals surface area contributed by atoms with Crippen molar-refractivity contribution in [3.8, 4) is 39.5 Å². The van der Waals surface area contributed by atoms with Crippen LogP contribution in [0.5, 0.6) is 0 Å². The molecule has 0 saturated heterocycles. The van der Waals surface area contributed by atoms with Crippen LogP contribution in [-0.2, 0) is 30.9 Å². The van der Waals surface area contributed by atoms with E-state index in [-0.39, 0.29) is 42.8 Å². The topological polar surface area (TPSA) is 57.0 Å². The number of nitrogens with zero attached hydrogens (tertiary/aromatic N) is 3. The van der Waals surface area contributed by atoms with Crippen molar-refractivity contribution in [3.05, 3.63) is 198 Å². The molecular formula is C66H59IrN3O2-2. The molecule has 4 heterocycles. The molecule has 0 aliphatic heterocycles. The van der Waals surface area contributed by atoms with E-state index in [0.717, 1.165) is 77.6 Å². The first kappa shape index (κ1) is 48.5. The van der Waals surface area contributed by atoms with E-state index in [1.54, 1.807) is 0 Å². The van der Waals surface area contributed by atoms with Crippen molar-refractivity contribution in [1.82, 2.24) is 14.5 Å². The number of hydrogen-bond acceptors (Lipinski definition) is 4. The van der Waals surface area contributed by atoms with E-state index in [9.17, 15) is 0 Å². The van der Waals surface area contributed by atoms with Gasteiger partial charge in [-0.3, -0.25) is 4.98 Å². The van der Waals surface area contributed by atoms with Gasteiger partial charge in [-0.2, -0.15) is 0 Å². The fraction of sp³-hybridized carbons (Fsp3) is 0.212. The van der Waals surface area contributed by atoms with Crippen LogP contribution in [0.2, 0.25) is 0 Å². The predicted octanol–water partition coefficient (Wildman–Crippen LogP) is 18.5. The van der Waals surface area contributed by atoms with Gasteiger partial charge in [-0.15, -0.1) is 54.1 Å². The second kappa shape index (κ2) is 18.8. The first-order valence-corrected chi connectivity index (χ1v) is 24.9. The maximum Gasteiger partial charge on any atom is 0.177 e. The Bertz CT molecular complexity index is 3930. The molecule has 361 valence electrons. The minimum Gasteiger partial charge on any atom is -0.497 e. The molecule has 0 amide bonds. The molecule has 0 N–H and O–H groups in total. The molecule has 8 aromatic carbocycles. The molecule has 0 aliphatic rings. The third-order valence-electron chi connectivity index (χ3n) is 14.0. The molecule has 1 radical (unpaired) electrons. The van der Waals surface area contributed by atoms with E-state index in [4.69, 9.17) is 13.8 Å². The van der Waals surface area contributed by atoms with Gasteiger partial charge in [0.2, 0.25) is 0 Å². The van der Waals surface area contributed by atoms with Crippen molar-refractivity contribution >= 4 is 65.7 Å². The second-order valence-electron chi connectivity index (χ2n) is 21.6. The number of rotatable bonds is 6. The number of furan rings is 2. The molecular weight excluding hydrogens is 1060 g/mol. The Morgan fingerprint density at radius 2 is 1.17 bits per heavy atom. The molecule has 0 aliphatic carbocycles. The van der Waals surface area contributed by atoms with Gasteiger partial charge in [-0.05, 0) is 110 Å². The summed E-state index contributed by atoms with van der Waals surface area (Å²) in [5, 5.41) is 6.51. The summed E-state index contributed by atoms with van der Waals surface area (Å²) in [4.78, 5) is 9.94. The maximum absolute atomic E-state index is 6.97. The fourth-order valence-electron chi connectivity index (χ4n) is 10.1. The van der Waals surface area contributed by atoms with Crippen LogP contribution in [0.15, 0.2) is 173 Å². The minimum absolute atomic E-state index is 0. The molecule has 6 heteroatoms. The van der Waals surface area contributed by atoms with Crippen molar-refractivity contribution < 1.29 is 28.9 Å². The number of benzene rings is 8. The van der Waals surface area contributed by atoms with Crippen molar-refractivity contribution in [2.24, 2.45) is 0 Å². The molecule has 0 bridgehead atoms. The van der Waals surface area contributed by atoms with Gasteiger partial charge in [-0.1, -0.05) is 159 Å². The summed E-state index contributed by atoms with van der Waals surface area (Å²) in [5.74, 6) is 1.27. The Hall–Kier alpha value is -7.11. The minimum atomic E-state index is -0.0246. The Morgan fingerprint density at radius 3 is 1.86 bits per heavy atom. The van der Waals surface area contributed by atoms with Crippen molar-refractivity contribution in [2.45, 2.75) is 91.9 Å². The van der Waals surface area contributed by atoms with E-state index >= 15 is 0 Å². The summed E-state index contributed by atoms with van der Waals surface area (Å²) in [6.07, 6.45) is 1.87. The Kier molecular flexibility index (Phi) is 12.7. The normalized spacial score (nSPS) is 12.2. The largest absolute Gasteiger partial charge is 0.497 e. The van der Waals surface area contributed by atoms with Crippen LogP contribution >= 0.6 is 0 Å². The van der Waals surface area contributed by atoms with Crippen molar-refractivity contribution in [3.63, 3.8) is 0 Å². The van der Waals surface area contributed by atoms with Gasteiger partial charge in [0.15, 0.2) is 11.2 Å². The van der Waals surface area contributed by atoms with E-state index in [1.165, 1.54) is 49.8 Å². The van der Waals surface area contributed by atoms with Crippen LogP contribution < -0.4 is 0 Å². The molecule has 4 aromatic heterocycles. The zero-order chi connectivity index (χ0) is 49.3. The van der Waals surface area contributed by atoms with Gasteiger partial charge < -0.3 is 18.4 Å². The smallest absolute Gasteiger partial charge is 0.177 e. The van der Waals surface area contributed by atoms with Gasteiger partial charge in [0.1, 0.15) is 5.58 Å². The van der Waals surface area contributed by atoms with Crippen LogP contribution in [0.1, 0.15) is 103 Å². The summed E-state index contributed by atoms with van der Waals surface area (Å²) in [5.41, 5.74) is 16.9. The zero-order valence-corrected chi connectivity index (χ0v) is 45.1. The number of para-hydroxylation sites is 1. The summed E-state index contributed by atoms with van der Waals surface area (Å²) >= 11 is 0. The van der Waals surface area contributed by atoms with E-state index < -0.39 is 0 Å². The molecule has 0 fully saturated rings. The summed E-state index contributed by atoms with van der Waals surface area (Å²) in [6, 6.07) is 62.4. The summed E-state index contributed by atoms with van der Waals surface area (Å²) < 4.78 is 15.9. The van der Waals surface area contributed by atoms with E-state index in [0.29, 0.717) is 0 Å². The Balaban J connectivity index is 0.000000300. The third kappa shape index (κ3) is 8.65. The van der Waals surface area contributed by atoms with Gasteiger partial charge in [-0.25, -0.2) is 0 Å². The van der Waals surface area contributed by atoms with Crippen molar-refractivity contribution in [1.29, 1.82) is 0 Å². The number of aromatic nitrogens is 3. The van der Waals surface area contributed by atoms with E-state index in [1.807, 2.05) is 48.7 Å². The standard InChI is InChI=1S/C51H43N2O2.C15H16N.Ir/c1-29(2)40-26-33(31-14-9-8-10-15-31)27-41(30(3)4)45(40)53-46-42-28-34(51(5,6)7)22-20-32(42)21-25-43(46)52-50(53)39-18-13-17-36-38-24-23-37-35-16-11-12-19-44(35)54-48(37)49(38)55-47(36)39;1-15(2,3)13-9-10-16-14(11-13)12-7-5-4-6-8-12;/h8-17,19-30H,1-7H3;4-7,9-11H,1-3H3;/q2*-1;. The summed E-state index contributed by atoms with van der Waals surface area (Å²) in [7, 11) is 0. The van der Waals surface area contributed by atoms with Gasteiger partial charge in [0.05, 0.1) is 22.4 Å². The average Bonchev–Trinajstić information content (AvgIpc) is 4.08. The molecule has 0 saturated carbocycles. The quantitative estimate of drug-likeness (QED) is 0.156. The van der Waals surface area contributed by atoms with Crippen LogP contribution in [0.25, 0.3) is 105 Å². The zero-order valence-electron chi connectivity index (χ0n) is 42.7. The van der Waals surface area contributed by atoms with E-state index in [2.05, 4.69) is 206 Å². The maximum atomic E-state index is 6.97. The molecule has 0 atom stereocenters. The van der Waals surface area contributed by atoms with Gasteiger partial charge in [0, 0.05) is 53.5 Å². The van der Waals surface area contributed by atoms with Crippen LogP contribution in [0.3, 0.4) is 0 Å². The van der Waals surface area contributed by atoms with Crippen molar-refractivity contribution in [2.75, 3.05) is 0 Å². The van der Waals surface area contributed by atoms with Crippen LogP contribution in [0.4, 0.5) is 0 Å². The van der Waals surface area contributed by atoms with Crippen LogP contribution in [-0.4, -0.2) is 14.5 Å². The molecule has 0 spiro atoms. The number of hydrogen-bond donors (Lipinski definition) is 0. The molecule has 72 heavy (non-hydrogen) atoms. The molecule has 12 aromatic rings. The Labute approximate surface area is 436 Å². The van der Waals surface area contributed by atoms with Gasteiger partial charge in [0.25, 0.3) is 0 Å². The first-order valence-electron chi connectivity index (χ1n) is 24.9. The predicted molar refractivity (Wildman–Crippen MR) is 297 cm³/mol. The monoisotopic (exact) mass is 1120 g/mol. The Morgan fingerprint density at radius 1 is 0.528 bits per heavy atom. The molecule has 12 rings (SSSR count). The average molecular weight is 1120 g/mol. The SMILES string of the molecule is CC(C)(C)c1ccnc(-c2[c-]cccc2)c1.CC(C)c1cc(-c2ccccc2)cc(C(C)C)c1-n1c(-c2[c-]ccc3c2oc2c3ccc3c4ccccc4oc32)nc2ccc3ccc(C(C)(C)C)cc3c21.[Ir]. The number of pyridine rings is 1. The first-order chi connectivity index (χ1) is 34.1.